The Balaban J connectivity index is 2.02. The van der Waals surface area contributed by atoms with Crippen molar-refractivity contribution in [3.05, 3.63) is 55.7 Å². The molecule has 0 saturated carbocycles. The molecule has 1 aromatic carbocycles. The summed E-state index contributed by atoms with van der Waals surface area (Å²) in [6, 6.07) is 7.83. The van der Waals surface area contributed by atoms with E-state index in [0.717, 1.165) is 18.4 Å². The van der Waals surface area contributed by atoms with Crippen molar-refractivity contribution in [3.63, 3.8) is 0 Å². The molecule has 1 aliphatic heterocycles. The Labute approximate surface area is 245 Å². The van der Waals surface area contributed by atoms with E-state index in [2.05, 4.69) is 11.4 Å². The van der Waals surface area contributed by atoms with Gasteiger partial charge in [-0.1, -0.05) is 43.4 Å². The first-order valence-electron chi connectivity index (χ1n) is 13.2. The molecule has 1 aliphatic rings. The average molecular weight is 585 g/mol. The van der Waals surface area contributed by atoms with Crippen LogP contribution >= 0.6 is 24.0 Å². The molecule has 1 fully saturated rings. The van der Waals surface area contributed by atoms with Gasteiger partial charge in [-0.15, -0.1) is 0 Å². The summed E-state index contributed by atoms with van der Waals surface area (Å²) >= 11 is 6.71. The van der Waals surface area contributed by atoms with Crippen molar-refractivity contribution in [3.8, 4) is 17.6 Å². The lowest BCUT2D eigenvalue weighted by atomic mass is 10.0. The van der Waals surface area contributed by atoms with Crippen LogP contribution in [-0.4, -0.2) is 60.7 Å². The Morgan fingerprint density at radius 3 is 2.52 bits per heavy atom. The number of carbonyl (C=O) groups excluding carboxylic acids is 1. The van der Waals surface area contributed by atoms with E-state index in [9.17, 15) is 14.9 Å². The number of pyridine rings is 1. The van der Waals surface area contributed by atoms with E-state index in [1.54, 1.807) is 43.8 Å². The smallest absolute Gasteiger partial charge is 0.270 e. The molecule has 214 valence electrons. The Morgan fingerprint density at radius 2 is 1.88 bits per heavy atom. The van der Waals surface area contributed by atoms with Crippen molar-refractivity contribution in [2.75, 3.05) is 46.3 Å². The third-order valence-corrected chi connectivity index (χ3v) is 8.02. The van der Waals surface area contributed by atoms with Crippen molar-refractivity contribution in [1.29, 1.82) is 5.26 Å². The summed E-state index contributed by atoms with van der Waals surface area (Å²) in [5.41, 5.74) is 1.92. The zero-order chi connectivity index (χ0) is 29.2. The van der Waals surface area contributed by atoms with Crippen molar-refractivity contribution >= 4 is 46.1 Å². The largest absolute Gasteiger partial charge is 0.493 e. The number of thiocarbonyl (C=S) groups is 1. The summed E-state index contributed by atoms with van der Waals surface area (Å²) in [5.74, 6) is 1.69. The minimum Gasteiger partial charge on any atom is -0.493 e. The molecule has 1 amide bonds. The van der Waals surface area contributed by atoms with Gasteiger partial charge in [0.25, 0.3) is 11.5 Å². The van der Waals surface area contributed by atoms with Crippen LogP contribution < -0.4 is 20.3 Å². The van der Waals surface area contributed by atoms with Gasteiger partial charge in [0.2, 0.25) is 0 Å². The fourth-order valence-electron chi connectivity index (χ4n) is 4.44. The standard InChI is InChI=1S/C29H36N4O5S2/c1-6-7-13-32-26(31-12-11-20-9-10-23(37-4)24(16-20)38-5)21(19(2)22(18-30)27(32)34)17-25-28(35)33(29(39)40-25)14-8-15-36-3/h9-10,16-17,31H,6-8,11-15H2,1-5H3/b25-17+. The van der Waals surface area contributed by atoms with Gasteiger partial charge in [0.15, 0.2) is 11.5 Å². The molecule has 2 heterocycles. The molecule has 3 rings (SSSR count). The number of thioether (sulfide) groups is 1. The number of hydrogen-bond acceptors (Lipinski definition) is 9. The number of aromatic nitrogens is 1. The lowest BCUT2D eigenvalue weighted by Gasteiger charge is -2.20. The molecule has 40 heavy (non-hydrogen) atoms. The molecule has 1 saturated heterocycles. The minimum atomic E-state index is -0.341. The summed E-state index contributed by atoms with van der Waals surface area (Å²) in [6.45, 7) is 5.73. The van der Waals surface area contributed by atoms with E-state index in [-0.39, 0.29) is 17.0 Å². The fraction of sp³-hybridized carbons (Fsp3) is 0.448. The molecule has 2 aromatic rings. The summed E-state index contributed by atoms with van der Waals surface area (Å²) in [5, 5.41) is 13.3. The second-order valence-corrected chi connectivity index (χ2v) is 10.9. The highest BCUT2D eigenvalue weighted by Gasteiger charge is 2.32. The maximum atomic E-state index is 13.4. The maximum absolute atomic E-state index is 13.4. The number of hydrogen-bond donors (Lipinski definition) is 1. The highest BCUT2D eigenvalue weighted by molar-refractivity contribution is 8.26. The van der Waals surface area contributed by atoms with Crippen LogP contribution in [0.3, 0.4) is 0 Å². The average Bonchev–Trinajstić information content (AvgIpc) is 3.22. The van der Waals surface area contributed by atoms with Crippen LogP contribution in [0.4, 0.5) is 5.82 Å². The molecular formula is C29H36N4O5S2. The van der Waals surface area contributed by atoms with Crippen LogP contribution in [-0.2, 0) is 22.5 Å². The Hall–Kier alpha value is -3.33. The molecule has 0 bridgehead atoms. The molecule has 11 heteroatoms. The number of ether oxygens (including phenoxy) is 3. The zero-order valence-corrected chi connectivity index (χ0v) is 25.3. The van der Waals surface area contributed by atoms with Gasteiger partial charge in [0, 0.05) is 38.9 Å². The van der Waals surface area contributed by atoms with E-state index in [4.69, 9.17) is 26.4 Å². The lowest BCUT2D eigenvalue weighted by Crippen LogP contribution is -2.30. The van der Waals surface area contributed by atoms with Gasteiger partial charge >= 0.3 is 0 Å². The van der Waals surface area contributed by atoms with Crippen LogP contribution in [0.1, 0.15) is 48.4 Å². The molecule has 0 atom stereocenters. The predicted octanol–water partition coefficient (Wildman–Crippen LogP) is 4.74. The van der Waals surface area contributed by atoms with Crippen LogP contribution in [0.2, 0.25) is 0 Å². The number of carbonyl (C=O) groups is 1. The van der Waals surface area contributed by atoms with Crippen LogP contribution in [0.15, 0.2) is 27.9 Å². The van der Waals surface area contributed by atoms with Crippen molar-refractivity contribution in [2.24, 2.45) is 0 Å². The second kappa shape index (κ2) is 14.9. The number of nitrogens with zero attached hydrogens (tertiary/aromatic N) is 3. The van der Waals surface area contributed by atoms with Gasteiger partial charge in [-0.2, -0.15) is 5.26 Å². The molecule has 9 nitrogen and oxygen atoms in total. The minimum absolute atomic E-state index is 0.0726. The normalized spacial score (nSPS) is 14.1. The van der Waals surface area contributed by atoms with Crippen LogP contribution in [0.5, 0.6) is 11.5 Å². The number of methoxy groups -OCH3 is 3. The van der Waals surface area contributed by atoms with Crippen LogP contribution in [0.25, 0.3) is 6.08 Å². The summed E-state index contributed by atoms with van der Waals surface area (Å²) < 4.78 is 18.0. The lowest BCUT2D eigenvalue weighted by molar-refractivity contribution is -0.122. The first kappa shape index (κ1) is 31.2. The number of rotatable bonds is 14. The Morgan fingerprint density at radius 1 is 1.12 bits per heavy atom. The number of unbranched alkanes of at least 4 members (excludes halogenated alkanes) is 1. The van der Waals surface area contributed by atoms with Gasteiger partial charge in [-0.25, -0.2) is 0 Å². The molecule has 0 radical (unpaired) electrons. The third kappa shape index (κ3) is 7.05. The van der Waals surface area contributed by atoms with Gasteiger partial charge in [0.05, 0.1) is 19.1 Å². The number of amides is 1. The van der Waals surface area contributed by atoms with Crippen LogP contribution in [0, 0.1) is 18.3 Å². The molecule has 1 aromatic heterocycles. The van der Waals surface area contributed by atoms with Crippen molar-refractivity contribution < 1.29 is 19.0 Å². The topological polar surface area (TPSA) is 106 Å². The molecule has 0 unspecified atom stereocenters. The maximum Gasteiger partial charge on any atom is 0.270 e. The first-order chi connectivity index (χ1) is 19.3. The van der Waals surface area contributed by atoms with Gasteiger partial charge in [-0.05, 0) is 55.5 Å². The summed E-state index contributed by atoms with van der Waals surface area (Å²) in [7, 11) is 4.81. The van der Waals surface area contributed by atoms with Gasteiger partial charge in [-0.3, -0.25) is 19.1 Å². The molecule has 0 aliphatic carbocycles. The second-order valence-electron chi connectivity index (χ2n) is 9.23. The molecular weight excluding hydrogens is 548 g/mol. The highest BCUT2D eigenvalue weighted by Crippen LogP contribution is 2.35. The van der Waals surface area contributed by atoms with E-state index < -0.39 is 0 Å². The SMILES string of the molecule is CCCCn1c(NCCc2ccc(OC)c(OC)c2)c(/C=C2/SC(=S)N(CCCOC)C2=O)c(C)c(C#N)c1=O. The summed E-state index contributed by atoms with van der Waals surface area (Å²) in [6.07, 6.45) is 4.70. The molecule has 1 N–H and O–H groups in total. The molecule has 0 spiro atoms. The zero-order valence-electron chi connectivity index (χ0n) is 23.7. The number of benzene rings is 1. The summed E-state index contributed by atoms with van der Waals surface area (Å²) in [4.78, 5) is 28.7. The van der Waals surface area contributed by atoms with Crippen molar-refractivity contribution in [1.82, 2.24) is 9.47 Å². The third-order valence-electron chi connectivity index (χ3n) is 6.64. The quantitative estimate of drug-likeness (QED) is 0.192. The first-order valence-corrected chi connectivity index (χ1v) is 14.4. The van der Waals surface area contributed by atoms with Gasteiger partial charge in [0.1, 0.15) is 21.8 Å². The number of nitrogens with one attached hydrogen (secondary N) is 1. The monoisotopic (exact) mass is 584 g/mol. The predicted molar refractivity (Wildman–Crippen MR) is 163 cm³/mol. The Kier molecular flexibility index (Phi) is 11.6. The van der Waals surface area contributed by atoms with E-state index in [0.29, 0.717) is 76.8 Å². The fourth-order valence-corrected chi connectivity index (χ4v) is 5.73. The van der Waals surface area contributed by atoms with Gasteiger partial charge < -0.3 is 19.5 Å². The van der Waals surface area contributed by atoms with E-state index >= 15 is 0 Å². The number of anilines is 1. The Bertz CT molecular complexity index is 1380. The highest BCUT2D eigenvalue weighted by atomic mass is 32.2. The van der Waals surface area contributed by atoms with Crippen molar-refractivity contribution in [2.45, 2.75) is 46.1 Å². The number of nitriles is 1. The van der Waals surface area contributed by atoms with E-state index in [1.807, 2.05) is 25.1 Å². The van der Waals surface area contributed by atoms with E-state index in [1.165, 1.54) is 11.8 Å².